The van der Waals surface area contributed by atoms with Gasteiger partial charge in [0.1, 0.15) is 18.3 Å². The van der Waals surface area contributed by atoms with Crippen molar-refractivity contribution in [2.24, 2.45) is 0 Å². The van der Waals surface area contributed by atoms with Crippen LogP contribution in [0.15, 0.2) is 0 Å². The molecular formula is C8H20O7. The van der Waals surface area contributed by atoms with Crippen molar-refractivity contribution in [3.63, 3.8) is 0 Å². The van der Waals surface area contributed by atoms with Gasteiger partial charge in [-0.05, 0) is 6.42 Å². The highest BCUT2D eigenvalue weighted by Gasteiger charge is 2.22. The predicted molar refractivity (Wildman–Crippen MR) is 51.0 cm³/mol. The quantitative estimate of drug-likeness (QED) is 0.249. The van der Waals surface area contributed by atoms with E-state index >= 15 is 0 Å². The molecule has 7 heteroatoms. The molecule has 0 radical (unpaired) electrons. The maximum atomic E-state index is 8.77. The van der Waals surface area contributed by atoms with Crippen molar-refractivity contribution in [2.75, 3.05) is 26.4 Å². The average molecular weight is 228 g/mol. The highest BCUT2D eigenvalue weighted by molar-refractivity contribution is 4.73. The van der Waals surface area contributed by atoms with Crippen LogP contribution in [0.5, 0.6) is 0 Å². The van der Waals surface area contributed by atoms with Crippen molar-refractivity contribution in [1.29, 1.82) is 0 Å². The van der Waals surface area contributed by atoms with E-state index in [4.69, 9.17) is 35.7 Å². The normalized spacial score (nSPS) is 16.2. The van der Waals surface area contributed by atoms with Crippen LogP contribution < -0.4 is 0 Å². The molecule has 15 heavy (non-hydrogen) atoms. The molecule has 0 spiro atoms. The minimum atomic E-state index is -1.49. The molecule has 7 nitrogen and oxygen atoms in total. The number of aliphatic hydroxyl groups excluding tert-OH is 7. The van der Waals surface area contributed by atoms with E-state index in [9.17, 15) is 0 Å². The van der Waals surface area contributed by atoms with Crippen LogP contribution in [0, 0.1) is 0 Å². The van der Waals surface area contributed by atoms with Crippen LogP contribution in [0.25, 0.3) is 0 Å². The summed E-state index contributed by atoms with van der Waals surface area (Å²) in [5, 5.41) is 58.4. The van der Waals surface area contributed by atoms with Gasteiger partial charge in [0, 0.05) is 13.2 Å². The molecule has 0 saturated heterocycles. The van der Waals surface area contributed by atoms with Gasteiger partial charge in [-0.15, -0.1) is 0 Å². The molecule has 0 aliphatic carbocycles. The Balaban J connectivity index is 0. The van der Waals surface area contributed by atoms with Gasteiger partial charge in [0.25, 0.3) is 0 Å². The Morgan fingerprint density at radius 2 is 1.00 bits per heavy atom. The first-order valence-corrected chi connectivity index (χ1v) is 4.52. The first kappa shape index (κ1) is 17.1. The molecule has 0 aromatic carbocycles. The summed E-state index contributed by atoms with van der Waals surface area (Å²) >= 11 is 0. The Morgan fingerprint density at radius 1 is 0.667 bits per heavy atom. The summed E-state index contributed by atoms with van der Waals surface area (Å²) < 4.78 is 0. The summed E-state index contributed by atoms with van der Waals surface area (Å²) in [4.78, 5) is 0. The molecule has 0 heterocycles. The van der Waals surface area contributed by atoms with E-state index < -0.39 is 31.5 Å². The first-order chi connectivity index (χ1) is 7.04. The maximum absolute atomic E-state index is 8.77. The van der Waals surface area contributed by atoms with Crippen molar-refractivity contribution in [2.45, 2.75) is 24.7 Å². The molecule has 3 atom stereocenters. The molecule has 0 amide bonds. The van der Waals surface area contributed by atoms with E-state index in [2.05, 4.69) is 0 Å². The zero-order chi connectivity index (χ0) is 12.3. The Bertz CT molecular complexity index is 110. The number of aliphatic hydroxyl groups is 7. The van der Waals surface area contributed by atoms with Gasteiger partial charge in [-0.2, -0.15) is 0 Å². The molecule has 7 N–H and O–H groups in total. The van der Waals surface area contributed by atoms with E-state index in [1.807, 2.05) is 0 Å². The average Bonchev–Trinajstić information content (AvgIpc) is 2.27. The molecule has 0 aromatic heterocycles. The highest BCUT2D eigenvalue weighted by atomic mass is 16.4. The molecule has 0 aromatic rings. The third kappa shape index (κ3) is 10.0. The molecule has 0 fully saturated rings. The summed E-state index contributed by atoms with van der Waals surface area (Å²) in [7, 11) is 0. The van der Waals surface area contributed by atoms with Crippen molar-refractivity contribution >= 4 is 0 Å². The fourth-order valence-electron chi connectivity index (χ4n) is 0.543. The van der Waals surface area contributed by atoms with Gasteiger partial charge in [-0.3, -0.25) is 0 Å². The molecule has 94 valence electrons. The summed E-state index contributed by atoms with van der Waals surface area (Å²) in [5.41, 5.74) is 0. The number of rotatable bonds is 6. The van der Waals surface area contributed by atoms with Gasteiger partial charge < -0.3 is 35.7 Å². The van der Waals surface area contributed by atoms with Gasteiger partial charge in [-0.25, -0.2) is 0 Å². The van der Waals surface area contributed by atoms with E-state index in [1.165, 1.54) is 0 Å². The van der Waals surface area contributed by atoms with E-state index in [1.54, 1.807) is 0 Å². The third-order valence-corrected chi connectivity index (χ3v) is 1.48. The van der Waals surface area contributed by atoms with Crippen molar-refractivity contribution in [3.05, 3.63) is 0 Å². The molecule has 0 rings (SSSR count). The fraction of sp³-hybridized carbons (Fsp3) is 1.00. The van der Waals surface area contributed by atoms with Crippen LogP contribution in [-0.4, -0.2) is 80.5 Å². The lowest BCUT2D eigenvalue weighted by atomic mass is 10.1. The fourth-order valence-corrected chi connectivity index (χ4v) is 0.543. The van der Waals surface area contributed by atoms with Crippen molar-refractivity contribution < 1.29 is 35.7 Å². The van der Waals surface area contributed by atoms with Crippen LogP contribution in [0.4, 0.5) is 0 Å². The first-order valence-electron chi connectivity index (χ1n) is 4.52. The molecule has 0 bridgehead atoms. The monoisotopic (exact) mass is 228 g/mol. The lowest BCUT2D eigenvalue weighted by molar-refractivity contribution is -0.0900. The van der Waals surface area contributed by atoms with Crippen LogP contribution in [0.2, 0.25) is 0 Å². The minimum absolute atomic E-state index is 0.0938. The van der Waals surface area contributed by atoms with Gasteiger partial charge in [-0.1, -0.05) is 0 Å². The third-order valence-electron chi connectivity index (χ3n) is 1.48. The smallest absolute Gasteiger partial charge is 0.110 e. The Labute approximate surface area is 87.9 Å². The second-order valence-electron chi connectivity index (χ2n) is 2.79. The van der Waals surface area contributed by atoms with Crippen LogP contribution in [0.3, 0.4) is 0 Å². The maximum Gasteiger partial charge on any atom is 0.110 e. The summed E-state index contributed by atoms with van der Waals surface area (Å²) in [6.45, 7) is -1.09. The molecule has 0 aliphatic heterocycles. The summed E-state index contributed by atoms with van der Waals surface area (Å²) in [6, 6.07) is 0. The van der Waals surface area contributed by atoms with Crippen LogP contribution in [0.1, 0.15) is 6.42 Å². The second-order valence-corrected chi connectivity index (χ2v) is 2.79. The zero-order valence-corrected chi connectivity index (χ0v) is 8.40. The van der Waals surface area contributed by atoms with E-state index in [-0.39, 0.29) is 13.2 Å². The van der Waals surface area contributed by atoms with E-state index in [0.29, 0.717) is 6.42 Å². The standard InChI is InChI=1S/C5H12O5.C3H8O2/c6-1-3(8)5(10)4(9)2-7;4-2-1-3-5/h3-10H,1-2H2;4-5H,1-3H2/t3-,4+,5?;. The molecule has 0 aliphatic rings. The van der Waals surface area contributed by atoms with Gasteiger partial charge in [0.2, 0.25) is 0 Å². The predicted octanol–water partition coefficient (Wildman–Crippen LogP) is -3.59. The summed E-state index contributed by atoms with van der Waals surface area (Å²) in [5.74, 6) is 0. The number of hydrogen-bond acceptors (Lipinski definition) is 7. The largest absolute Gasteiger partial charge is 0.396 e. The molecule has 0 saturated carbocycles. The van der Waals surface area contributed by atoms with Gasteiger partial charge in [0.05, 0.1) is 13.2 Å². The highest BCUT2D eigenvalue weighted by Crippen LogP contribution is 1.97. The summed E-state index contributed by atoms with van der Waals surface area (Å²) in [6.07, 6.45) is -3.79. The van der Waals surface area contributed by atoms with Crippen molar-refractivity contribution in [1.82, 2.24) is 0 Å². The molecular weight excluding hydrogens is 208 g/mol. The lowest BCUT2D eigenvalue weighted by Crippen LogP contribution is -2.41. The zero-order valence-electron chi connectivity index (χ0n) is 8.40. The minimum Gasteiger partial charge on any atom is -0.396 e. The van der Waals surface area contributed by atoms with Gasteiger partial charge >= 0.3 is 0 Å². The SMILES string of the molecule is OCCCO.OC[C@@H](O)C(O)[C@@H](O)CO. The lowest BCUT2D eigenvalue weighted by Gasteiger charge is -2.19. The van der Waals surface area contributed by atoms with Crippen LogP contribution >= 0.6 is 0 Å². The second kappa shape index (κ2) is 11.8. The Kier molecular flexibility index (Phi) is 13.5. The number of hydrogen-bond donors (Lipinski definition) is 7. The molecule has 1 unspecified atom stereocenters. The topological polar surface area (TPSA) is 142 Å². The van der Waals surface area contributed by atoms with Crippen molar-refractivity contribution in [3.8, 4) is 0 Å². The van der Waals surface area contributed by atoms with Gasteiger partial charge in [0.15, 0.2) is 0 Å². The van der Waals surface area contributed by atoms with E-state index in [0.717, 1.165) is 0 Å². The van der Waals surface area contributed by atoms with Crippen LogP contribution in [-0.2, 0) is 0 Å². The Morgan fingerprint density at radius 3 is 1.13 bits per heavy atom. The Hall–Kier alpha value is -0.280.